The van der Waals surface area contributed by atoms with E-state index in [-0.39, 0.29) is 11.2 Å². The minimum Gasteiger partial charge on any atom is -0.478 e. The average Bonchev–Trinajstić information content (AvgIpc) is 2.43. The van der Waals surface area contributed by atoms with Crippen LogP contribution in [0.1, 0.15) is 30.1 Å². The zero-order valence-corrected chi connectivity index (χ0v) is 11.5. The molecule has 4 nitrogen and oxygen atoms in total. The van der Waals surface area contributed by atoms with Crippen LogP contribution in [0, 0.1) is 11.6 Å². The Morgan fingerprint density at radius 1 is 1.30 bits per heavy atom. The smallest absolute Gasteiger partial charge is 0.338 e. The Labute approximate surface area is 116 Å². The molecule has 0 amide bonds. The van der Waals surface area contributed by atoms with E-state index < -0.39 is 23.2 Å². The summed E-state index contributed by atoms with van der Waals surface area (Å²) in [7, 11) is 1.89. The van der Waals surface area contributed by atoms with Gasteiger partial charge in [-0.15, -0.1) is 0 Å². The van der Waals surface area contributed by atoms with Crippen LogP contribution in [0.15, 0.2) is 12.1 Å². The van der Waals surface area contributed by atoms with E-state index in [1.54, 1.807) is 4.90 Å². The Balaban J connectivity index is 2.23. The minimum atomic E-state index is -1.46. The summed E-state index contributed by atoms with van der Waals surface area (Å²) in [6, 6.07) is 2.45. The first-order valence-corrected chi connectivity index (χ1v) is 6.53. The molecule has 0 aromatic heterocycles. The van der Waals surface area contributed by atoms with Crippen molar-refractivity contribution in [3.63, 3.8) is 0 Å². The fourth-order valence-electron chi connectivity index (χ4n) is 2.44. The van der Waals surface area contributed by atoms with E-state index in [1.807, 2.05) is 7.05 Å². The summed E-state index contributed by atoms with van der Waals surface area (Å²) in [4.78, 5) is 12.5. The van der Waals surface area contributed by atoms with E-state index in [4.69, 9.17) is 5.11 Å². The van der Waals surface area contributed by atoms with E-state index in [0.717, 1.165) is 18.9 Å². The molecule has 1 fully saturated rings. The van der Waals surface area contributed by atoms with Crippen LogP contribution in [0.25, 0.3) is 0 Å². The van der Waals surface area contributed by atoms with Crippen molar-refractivity contribution < 1.29 is 18.7 Å². The number of carbonyl (C=O) groups is 1. The number of anilines is 1. The monoisotopic (exact) mass is 284 g/mol. The molecule has 0 atom stereocenters. The van der Waals surface area contributed by atoms with Crippen LogP contribution < -0.4 is 10.2 Å². The van der Waals surface area contributed by atoms with Crippen LogP contribution in [0.3, 0.4) is 0 Å². The average molecular weight is 284 g/mol. The van der Waals surface area contributed by atoms with Crippen LogP contribution in [-0.2, 0) is 0 Å². The Kier molecular flexibility index (Phi) is 3.94. The molecular weight excluding hydrogens is 266 g/mol. The van der Waals surface area contributed by atoms with Gasteiger partial charge >= 0.3 is 5.97 Å². The number of carboxylic acids is 1. The Morgan fingerprint density at radius 2 is 1.90 bits per heavy atom. The zero-order chi connectivity index (χ0) is 14.9. The molecule has 0 radical (unpaired) electrons. The highest BCUT2D eigenvalue weighted by Gasteiger charge is 2.30. The number of nitrogens with zero attached hydrogens (tertiary/aromatic N) is 1. The molecule has 0 spiro atoms. The molecule has 2 rings (SSSR count). The van der Waals surface area contributed by atoms with Crippen molar-refractivity contribution in [2.24, 2.45) is 0 Å². The summed E-state index contributed by atoms with van der Waals surface area (Å²) in [5.74, 6) is -3.84. The van der Waals surface area contributed by atoms with Gasteiger partial charge in [0.15, 0.2) is 11.6 Å². The van der Waals surface area contributed by atoms with Crippen molar-refractivity contribution in [1.82, 2.24) is 5.32 Å². The van der Waals surface area contributed by atoms with Crippen LogP contribution in [0.2, 0.25) is 0 Å². The summed E-state index contributed by atoms with van der Waals surface area (Å²) in [6.45, 7) is 3.29. The first-order valence-electron chi connectivity index (χ1n) is 6.53. The van der Waals surface area contributed by atoms with Crippen LogP contribution >= 0.6 is 0 Å². The summed E-state index contributed by atoms with van der Waals surface area (Å²) < 4.78 is 27.7. The quantitative estimate of drug-likeness (QED) is 0.894. The topological polar surface area (TPSA) is 52.6 Å². The molecule has 0 aliphatic carbocycles. The third-order valence-corrected chi connectivity index (χ3v) is 4.10. The lowest BCUT2D eigenvalue weighted by atomic mass is 9.89. The number of hydrogen-bond acceptors (Lipinski definition) is 3. The molecule has 1 aliphatic heterocycles. The van der Waals surface area contributed by atoms with Crippen molar-refractivity contribution in [2.45, 2.75) is 25.3 Å². The number of halogens is 2. The van der Waals surface area contributed by atoms with Crippen molar-refractivity contribution in [2.75, 3.05) is 25.0 Å². The van der Waals surface area contributed by atoms with Gasteiger partial charge in [0.1, 0.15) is 0 Å². The fourth-order valence-corrected chi connectivity index (χ4v) is 2.44. The van der Waals surface area contributed by atoms with Gasteiger partial charge in [0.2, 0.25) is 0 Å². The summed E-state index contributed by atoms with van der Waals surface area (Å²) in [5, 5.41) is 12.0. The fraction of sp³-hybridized carbons (Fsp3) is 0.500. The first-order chi connectivity index (χ1) is 9.38. The Morgan fingerprint density at radius 3 is 2.40 bits per heavy atom. The van der Waals surface area contributed by atoms with Gasteiger partial charge in [0, 0.05) is 18.6 Å². The highest BCUT2D eigenvalue weighted by molar-refractivity contribution is 5.88. The largest absolute Gasteiger partial charge is 0.478 e. The summed E-state index contributed by atoms with van der Waals surface area (Å²) >= 11 is 0. The minimum absolute atomic E-state index is 0.00647. The Hall–Kier alpha value is -1.69. The molecule has 6 heteroatoms. The van der Waals surface area contributed by atoms with Gasteiger partial charge in [-0.2, -0.15) is 0 Å². The van der Waals surface area contributed by atoms with Crippen molar-refractivity contribution in [3.05, 3.63) is 29.3 Å². The molecule has 1 heterocycles. The second-order valence-corrected chi connectivity index (χ2v) is 5.36. The van der Waals surface area contributed by atoms with Gasteiger partial charge in [-0.1, -0.05) is 0 Å². The number of hydrogen-bond donors (Lipinski definition) is 2. The highest BCUT2D eigenvalue weighted by atomic mass is 19.2. The Bertz CT molecular complexity index is 526. The molecular formula is C14H18F2N2O2. The van der Waals surface area contributed by atoms with Crippen LogP contribution in [-0.4, -0.2) is 36.8 Å². The lowest BCUT2D eigenvalue weighted by Gasteiger charge is -2.40. The van der Waals surface area contributed by atoms with Crippen LogP contribution in [0.5, 0.6) is 0 Å². The molecule has 2 N–H and O–H groups in total. The SMILES string of the molecule is CNC1(C)CCN(c2ccc(C(=O)O)c(F)c2F)CC1. The number of carboxylic acid groups (broad SMARTS) is 1. The van der Waals surface area contributed by atoms with Gasteiger partial charge < -0.3 is 15.3 Å². The van der Waals surface area contributed by atoms with Gasteiger partial charge in [-0.3, -0.25) is 0 Å². The first kappa shape index (κ1) is 14.7. The molecule has 1 aromatic carbocycles. The number of piperidine rings is 1. The van der Waals surface area contributed by atoms with Gasteiger partial charge in [0.05, 0.1) is 11.3 Å². The maximum absolute atomic E-state index is 14.0. The molecule has 0 saturated carbocycles. The number of benzene rings is 1. The van der Waals surface area contributed by atoms with Crippen LogP contribution in [0.4, 0.5) is 14.5 Å². The molecule has 0 unspecified atom stereocenters. The predicted octanol–water partition coefficient (Wildman–Crippen LogP) is 2.24. The molecule has 1 aliphatic rings. The maximum Gasteiger partial charge on any atom is 0.338 e. The van der Waals surface area contributed by atoms with Crippen molar-refractivity contribution in [1.29, 1.82) is 0 Å². The zero-order valence-electron chi connectivity index (χ0n) is 11.5. The second-order valence-electron chi connectivity index (χ2n) is 5.36. The lowest BCUT2D eigenvalue weighted by molar-refractivity contribution is 0.0690. The molecule has 1 aromatic rings. The number of nitrogens with one attached hydrogen (secondary N) is 1. The maximum atomic E-state index is 14.0. The summed E-state index contributed by atoms with van der Waals surface area (Å²) in [5.41, 5.74) is -0.499. The third kappa shape index (κ3) is 2.60. The van der Waals surface area contributed by atoms with Crippen molar-refractivity contribution >= 4 is 11.7 Å². The van der Waals surface area contributed by atoms with Crippen molar-refractivity contribution in [3.8, 4) is 0 Å². The highest BCUT2D eigenvalue weighted by Crippen LogP contribution is 2.29. The molecule has 0 bridgehead atoms. The molecule has 110 valence electrons. The van der Waals surface area contributed by atoms with E-state index in [2.05, 4.69) is 12.2 Å². The summed E-state index contributed by atoms with van der Waals surface area (Å²) in [6.07, 6.45) is 1.62. The predicted molar refractivity (Wildman–Crippen MR) is 72.2 cm³/mol. The lowest BCUT2D eigenvalue weighted by Crippen LogP contribution is -2.50. The molecule has 20 heavy (non-hydrogen) atoms. The number of rotatable bonds is 3. The second kappa shape index (κ2) is 5.36. The van der Waals surface area contributed by atoms with E-state index in [9.17, 15) is 13.6 Å². The standard InChI is InChI=1S/C14H18F2N2O2/c1-14(17-2)5-7-18(8-6-14)10-4-3-9(13(19)20)11(15)12(10)16/h3-4,17H,5-8H2,1-2H3,(H,19,20). The normalized spacial score (nSPS) is 18.1. The van der Waals surface area contributed by atoms with Gasteiger partial charge in [0.25, 0.3) is 0 Å². The third-order valence-electron chi connectivity index (χ3n) is 4.10. The van der Waals surface area contributed by atoms with Gasteiger partial charge in [-0.05, 0) is 38.9 Å². The van der Waals surface area contributed by atoms with E-state index in [1.165, 1.54) is 6.07 Å². The van der Waals surface area contributed by atoms with E-state index in [0.29, 0.717) is 13.1 Å². The van der Waals surface area contributed by atoms with E-state index >= 15 is 0 Å². The van der Waals surface area contributed by atoms with Gasteiger partial charge in [-0.25, -0.2) is 13.6 Å². The molecule has 1 saturated heterocycles. The number of aromatic carboxylic acids is 1.